The summed E-state index contributed by atoms with van der Waals surface area (Å²) in [6.07, 6.45) is 26.5. The summed E-state index contributed by atoms with van der Waals surface area (Å²) in [6.45, 7) is 0. The van der Waals surface area contributed by atoms with Crippen LogP contribution in [0.5, 0.6) is 0 Å². The van der Waals surface area contributed by atoms with E-state index in [-0.39, 0.29) is 0 Å². The van der Waals surface area contributed by atoms with Gasteiger partial charge in [0, 0.05) is 0 Å². The van der Waals surface area contributed by atoms with Crippen LogP contribution in [-0.4, -0.2) is 0 Å². The molecule has 0 saturated heterocycles. The summed E-state index contributed by atoms with van der Waals surface area (Å²) in [4.78, 5) is 0. The predicted molar refractivity (Wildman–Crippen MR) is 62.8 cm³/mol. The number of hydrogen-bond acceptors (Lipinski definition) is 0. The van der Waals surface area contributed by atoms with Gasteiger partial charge in [0.2, 0.25) is 0 Å². The lowest BCUT2D eigenvalue weighted by molar-refractivity contribution is 1.03. The van der Waals surface area contributed by atoms with E-state index in [2.05, 4.69) is 54.7 Å². The van der Waals surface area contributed by atoms with Crippen molar-refractivity contribution in [1.82, 2.24) is 0 Å². The minimum atomic E-state index is 1.00. The molecule has 0 amide bonds. The summed E-state index contributed by atoms with van der Waals surface area (Å²) in [5.74, 6) is 0. The Bertz CT molecular complexity index is 234. The lowest BCUT2D eigenvalue weighted by Crippen LogP contribution is -1.66. The van der Waals surface area contributed by atoms with E-state index in [0.717, 1.165) is 25.7 Å². The average Bonchev–Trinajstić information content (AvgIpc) is 2.22. The Morgan fingerprint density at radius 2 is 1.43 bits per heavy atom. The summed E-state index contributed by atoms with van der Waals surface area (Å²) in [5, 5.41) is 0. The zero-order valence-corrected chi connectivity index (χ0v) is 8.52. The van der Waals surface area contributed by atoms with Gasteiger partial charge in [0.25, 0.3) is 0 Å². The Morgan fingerprint density at radius 1 is 0.714 bits per heavy atom. The Morgan fingerprint density at radius 3 is 2.29 bits per heavy atom. The molecule has 73 valence electrons. The second-order valence-electron chi connectivity index (χ2n) is 3.14. The molecule has 14 heavy (non-hydrogen) atoms. The number of rotatable bonds is 0. The lowest BCUT2D eigenvalue weighted by atomic mass is 10.2. The van der Waals surface area contributed by atoms with Crippen molar-refractivity contribution in [2.24, 2.45) is 0 Å². The van der Waals surface area contributed by atoms with Crippen LogP contribution in [0.2, 0.25) is 0 Å². The van der Waals surface area contributed by atoms with E-state index >= 15 is 0 Å². The molecule has 1 radical (unpaired) electrons. The third-order valence-corrected chi connectivity index (χ3v) is 1.90. The Labute approximate surface area is 87.0 Å². The molecule has 0 aromatic carbocycles. The molecule has 1 rings (SSSR count). The van der Waals surface area contributed by atoms with Gasteiger partial charge in [-0.2, -0.15) is 0 Å². The van der Waals surface area contributed by atoms with Crippen LogP contribution < -0.4 is 0 Å². The third-order valence-electron chi connectivity index (χ3n) is 1.90. The molecule has 1 aliphatic rings. The van der Waals surface area contributed by atoms with Crippen LogP contribution in [0.1, 0.15) is 25.7 Å². The molecule has 0 heterocycles. The van der Waals surface area contributed by atoms with Gasteiger partial charge in [0.1, 0.15) is 0 Å². The van der Waals surface area contributed by atoms with Crippen molar-refractivity contribution in [3.05, 3.63) is 60.8 Å². The molecule has 0 spiro atoms. The Balaban J connectivity index is 2.45. The zero-order valence-electron chi connectivity index (χ0n) is 8.52. The van der Waals surface area contributed by atoms with Crippen LogP contribution >= 0.6 is 0 Å². The standard InChI is InChI=1S/C14H17/c1-2-4-6-8-10-12-14-13-11-9-7-5-3-1/h1-4,7,9,12-14H,5-6,8,11H2. The fourth-order valence-electron chi connectivity index (χ4n) is 1.15. The van der Waals surface area contributed by atoms with E-state index < -0.39 is 0 Å². The third kappa shape index (κ3) is 6.24. The van der Waals surface area contributed by atoms with Gasteiger partial charge in [-0.15, -0.1) is 0 Å². The van der Waals surface area contributed by atoms with E-state index in [1.54, 1.807) is 0 Å². The van der Waals surface area contributed by atoms with Crippen molar-refractivity contribution in [1.29, 1.82) is 0 Å². The molecule has 0 saturated carbocycles. The normalized spacial score (nSPS) is 18.3. The molecule has 0 bridgehead atoms. The monoisotopic (exact) mass is 185 g/mol. The lowest BCUT2D eigenvalue weighted by Gasteiger charge is -1.86. The van der Waals surface area contributed by atoms with Crippen molar-refractivity contribution in [3.8, 4) is 0 Å². The number of hydrogen-bond donors (Lipinski definition) is 0. The van der Waals surface area contributed by atoms with Gasteiger partial charge in [0.05, 0.1) is 0 Å². The van der Waals surface area contributed by atoms with Crippen LogP contribution in [0.25, 0.3) is 0 Å². The van der Waals surface area contributed by atoms with Crippen molar-refractivity contribution in [2.75, 3.05) is 0 Å². The van der Waals surface area contributed by atoms with Crippen LogP contribution in [-0.2, 0) is 0 Å². The van der Waals surface area contributed by atoms with Crippen LogP contribution in [0.4, 0.5) is 0 Å². The van der Waals surface area contributed by atoms with E-state index in [1.807, 2.05) is 6.08 Å². The quantitative estimate of drug-likeness (QED) is 0.497. The van der Waals surface area contributed by atoms with Crippen molar-refractivity contribution in [2.45, 2.75) is 25.7 Å². The van der Waals surface area contributed by atoms with Gasteiger partial charge in [-0.1, -0.05) is 54.7 Å². The van der Waals surface area contributed by atoms with Gasteiger partial charge in [-0.25, -0.2) is 0 Å². The zero-order chi connectivity index (χ0) is 9.90. The highest BCUT2D eigenvalue weighted by Gasteiger charge is 1.77. The molecule has 0 atom stereocenters. The highest BCUT2D eigenvalue weighted by Crippen LogP contribution is 1.96. The Hall–Kier alpha value is -1.30. The molecule has 0 unspecified atom stereocenters. The maximum atomic E-state index is 3.23. The molecule has 0 aromatic rings. The highest BCUT2D eigenvalue weighted by molar-refractivity contribution is 5.07. The van der Waals surface area contributed by atoms with Crippen molar-refractivity contribution < 1.29 is 0 Å². The minimum absolute atomic E-state index is 1.00. The first kappa shape index (κ1) is 10.8. The van der Waals surface area contributed by atoms with Crippen LogP contribution in [0.3, 0.4) is 0 Å². The molecular formula is C14H17. The first-order chi connectivity index (χ1) is 7.00. The molecule has 0 aromatic heterocycles. The van der Waals surface area contributed by atoms with Gasteiger partial charge < -0.3 is 0 Å². The van der Waals surface area contributed by atoms with Crippen molar-refractivity contribution in [3.63, 3.8) is 0 Å². The minimum Gasteiger partial charge on any atom is -0.0844 e. The first-order valence-electron chi connectivity index (χ1n) is 5.18. The average molecular weight is 185 g/mol. The van der Waals surface area contributed by atoms with Gasteiger partial charge in [-0.05, 0) is 31.8 Å². The smallest absolute Gasteiger partial charge is 0.0166 e. The van der Waals surface area contributed by atoms with E-state index in [9.17, 15) is 0 Å². The SMILES string of the molecule is [C]1=CC=CCC=CCC=CC=CCC1. The van der Waals surface area contributed by atoms with Gasteiger partial charge >= 0.3 is 0 Å². The fourth-order valence-corrected chi connectivity index (χ4v) is 1.15. The van der Waals surface area contributed by atoms with Crippen LogP contribution in [0, 0.1) is 6.08 Å². The number of allylic oxidation sites excluding steroid dienone is 10. The molecule has 0 N–H and O–H groups in total. The summed E-state index contributed by atoms with van der Waals surface area (Å²) < 4.78 is 0. The second-order valence-corrected chi connectivity index (χ2v) is 3.14. The topological polar surface area (TPSA) is 0 Å². The van der Waals surface area contributed by atoms with E-state index in [0.29, 0.717) is 0 Å². The maximum Gasteiger partial charge on any atom is -0.0166 e. The fraction of sp³-hybridized carbons (Fsp3) is 0.286. The highest BCUT2D eigenvalue weighted by atomic mass is 13.8. The summed E-state index contributed by atoms with van der Waals surface area (Å²) in [7, 11) is 0. The molecule has 0 fully saturated rings. The molecule has 0 nitrogen and oxygen atoms in total. The second kappa shape index (κ2) is 8.31. The largest absolute Gasteiger partial charge is 0.0844 e. The van der Waals surface area contributed by atoms with E-state index in [4.69, 9.17) is 0 Å². The van der Waals surface area contributed by atoms with E-state index in [1.165, 1.54) is 0 Å². The van der Waals surface area contributed by atoms with Gasteiger partial charge in [0.15, 0.2) is 0 Å². The molecule has 0 heteroatoms. The predicted octanol–water partition coefficient (Wildman–Crippen LogP) is 4.14. The maximum absolute atomic E-state index is 3.23. The molecule has 0 aliphatic heterocycles. The van der Waals surface area contributed by atoms with Crippen molar-refractivity contribution >= 4 is 0 Å². The molecule has 1 aliphatic carbocycles. The summed E-state index contributed by atoms with van der Waals surface area (Å²) in [5.41, 5.74) is 0. The Kier molecular flexibility index (Phi) is 6.39. The van der Waals surface area contributed by atoms with Gasteiger partial charge in [-0.3, -0.25) is 0 Å². The first-order valence-corrected chi connectivity index (χ1v) is 5.18. The summed E-state index contributed by atoms with van der Waals surface area (Å²) in [6, 6.07) is 0. The molecular weight excluding hydrogens is 168 g/mol. The van der Waals surface area contributed by atoms with Crippen LogP contribution in [0.15, 0.2) is 54.7 Å². The summed E-state index contributed by atoms with van der Waals surface area (Å²) >= 11 is 0.